The van der Waals surface area contributed by atoms with E-state index in [0.717, 1.165) is 11.1 Å². The topological polar surface area (TPSA) is 75.6 Å². The summed E-state index contributed by atoms with van der Waals surface area (Å²) in [4.78, 5) is 11.1. The molecule has 128 valence electrons. The van der Waals surface area contributed by atoms with Gasteiger partial charge in [0.05, 0.1) is 26.8 Å². The molecule has 1 aromatic rings. The number of ether oxygens (including phenoxy) is 1. The lowest BCUT2D eigenvalue weighted by Gasteiger charge is -2.40. The molecule has 0 saturated carbocycles. The van der Waals surface area contributed by atoms with Crippen LogP contribution in [0.3, 0.4) is 0 Å². The van der Waals surface area contributed by atoms with E-state index in [1.54, 1.807) is 12.1 Å². The lowest BCUT2D eigenvalue weighted by atomic mass is 9.81. The molecule has 1 unspecified atom stereocenters. The molecule has 2 rings (SSSR count). The Morgan fingerprint density at radius 1 is 1.30 bits per heavy atom. The number of nitrogens with one attached hydrogen (secondary N) is 1. The summed E-state index contributed by atoms with van der Waals surface area (Å²) in [7, 11) is -1.22. The fraction of sp³-hybridized carbons (Fsp3) is 0.588. The van der Waals surface area contributed by atoms with Crippen LogP contribution in [0.2, 0.25) is 0 Å². The minimum atomic E-state index is -1.22. The minimum Gasteiger partial charge on any atom is -0.478 e. The number of carboxylic acids is 1. The van der Waals surface area contributed by atoms with E-state index < -0.39 is 22.5 Å². The van der Waals surface area contributed by atoms with Crippen LogP contribution in [0.15, 0.2) is 18.2 Å². The summed E-state index contributed by atoms with van der Waals surface area (Å²) < 4.78 is 21.1. The van der Waals surface area contributed by atoms with Crippen molar-refractivity contribution in [3.8, 4) is 0 Å². The molecule has 1 heterocycles. The number of carboxylic acid groups (broad SMARTS) is 1. The van der Waals surface area contributed by atoms with Crippen molar-refractivity contribution in [3.63, 3.8) is 0 Å². The largest absolute Gasteiger partial charge is 0.478 e. The smallest absolute Gasteiger partial charge is 0.335 e. The zero-order valence-corrected chi connectivity index (χ0v) is 15.0. The van der Waals surface area contributed by atoms with Crippen LogP contribution in [0, 0.1) is 6.92 Å². The molecule has 2 N–H and O–H groups in total. The SMILES string of the molecule is Cc1cc(C(=O)O)ccc1C1(NS(=O)C(C)(C)C)CCOCC1. The van der Waals surface area contributed by atoms with Crippen LogP contribution in [0.1, 0.15) is 55.1 Å². The molecule has 1 atom stereocenters. The number of rotatable bonds is 4. The summed E-state index contributed by atoms with van der Waals surface area (Å²) in [6, 6.07) is 5.14. The molecular weight excluding hydrogens is 314 g/mol. The van der Waals surface area contributed by atoms with Crippen LogP contribution in [0.5, 0.6) is 0 Å². The average Bonchev–Trinajstić information content (AvgIpc) is 2.46. The zero-order chi connectivity index (χ0) is 17.3. The maximum absolute atomic E-state index is 12.7. The Hall–Kier alpha value is -1.24. The lowest BCUT2D eigenvalue weighted by Crippen LogP contribution is -2.51. The molecule has 0 amide bonds. The molecule has 0 aromatic heterocycles. The van der Waals surface area contributed by atoms with Gasteiger partial charge in [0.1, 0.15) is 0 Å². The molecule has 0 spiro atoms. The van der Waals surface area contributed by atoms with E-state index >= 15 is 0 Å². The molecule has 1 aliphatic rings. The summed E-state index contributed by atoms with van der Waals surface area (Å²) in [5, 5.41) is 9.14. The van der Waals surface area contributed by atoms with Gasteiger partial charge in [0, 0.05) is 13.2 Å². The Morgan fingerprint density at radius 2 is 1.91 bits per heavy atom. The summed E-state index contributed by atoms with van der Waals surface area (Å²) in [6.45, 7) is 8.89. The van der Waals surface area contributed by atoms with Gasteiger partial charge >= 0.3 is 5.97 Å². The third kappa shape index (κ3) is 4.00. The van der Waals surface area contributed by atoms with Crippen molar-refractivity contribution in [2.24, 2.45) is 0 Å². The van der Waals surface area contributed by atoms with Gasteiger partial charge < -0.3 is 9.84 Å². The van der Waals surface area contributed by atoms with Crippen molar-refractivity contribution in [2.75, 3.05) is 13.2 Å². The van der Waals surface area contributed by atoms with Gasteiger partial charge in [-0.25, -0.2) is 13.7 Å². The fourth-order valence-electron chi connectivity index (χ4n) is 2.81. The standard InChI is InChI=1S/C17H25NO4S/c1-12-11-13(15(19)20)5-6-14(12)17(7-9-22-10-8-17)18-23(21)16(2,3)4/h5-6,11,18H,7-10H2,1-4H3,(H,19,20). The first-order chi connectivity index (χ1) is 10.7. The third-order valence-electron chi connectivity index (χ3n) is 4.18. The van der Waals surface area contributed by atoms with Crippen molar-refractivity contribution >= 4 is 17.0 Å². The average molecular weight is 339 g/mol. The summed E-state index contributed by atoms with van der Waals surface area (Å²) in [5.74, 6) is -0.938. The monoisotopic (exact) mass is 339 g/mol. The first kappa shape index (κ1) is 18.1. The molecule has 23 heavy (non-hydrogen) atoms. The van der Waals surface area contributed by atoms with E-state index in [1.807, 2.05) is 33.8 Å². The van der Waals surface area contributed by atoms with Crippen LogP contribution >= 0.6 is 0 Å². The van der Waals surface area contributed by atoms with Gasteiger partial charge in [-0.1, -0.05) is 6.07 Å². The molecule has 0 radical (unpaired) electrons. The number of aryl methyl sites for hydroxylation is 1. The predicted molar refractivity (Wildman–Crippen MR) is 90.9 cm³/mol. The van der Waals surface area contributed by atoms with Crippen LogP contribution in [0.4, 0.5) is 0 Å². The maximum atomic E-state index is 12.7. The van der Waals surface area contributed by atoms with E-state index in [9.17, 15) is 9.00 Å². The molecule has 1 fully saturated rings. The van der Waals surface area contributed by atoms with Crippen molar-refractivity contribution in [1.82, 2.24) is 4.72 Å². The Balaban J connectivity index is 2.42. The van der Waals surface area contributed by atoms with Crippen molar-refractivity contribution in [1.29, 1.82) is 0 Å². The Morgan fingerprint density at radius 3 is 2.39 bits per heavy atom. The van der Waals surface area contributed by atoms with Crippen molar-refractivity contribution in [2.45, 2.75) is 50.8 Å². The molecule has 5 nitrogen and oxygen atoms in total. The maximum Gasteiger partial charge on any atom is 0.335 e. The van der Waals surface area contributed by atoms with E-state index in [4.69, 9.17) is 9.84 Å². The Kier molecular flexibility index (Phi) is 5.28. The van der Waals surface area contributed by atoms with Crippen LogP contribution < -0.4 is 4.72 Å². The molecule has 1 aliphatic heterocycles. The van der Waals surface area contributed by atoms with Crippen LogP contribution in [-0.2, 0) is 21.3 Å². The number of hydrogen-bond acceptors (Lipinski definition) is 3. The molecule has 1 saturated heterocycles. The highest BCUT2D eigenvalue weighted by atomic mass is 32.2. The highest BCUT2D eigenvalue weighted by Crippen LogP contribution is 2.36. The van der Waals surface area contributed by atoms with Gasteiger partial charge in [-0.3, -0.25) is 0 Å². The zero-order valence-electron chi connectivity index (χ0n) is 14.1. The van der Waals surface area contributed by atoms with E-state index in [1.165, 1.54) is 0 Å². The first-order valence-corrected chi connectivity index (χ1v) is 8.92. The molecule has 0 bridgehead atoms. The first-order valence-electron chi connectivity index (χ1n) is 7.78. The second-order valence-electron chi connectivity index (χ2n) is 7.01. The Bertz CT molecular complexity index is 616. The van der Waals surface area contributed by atoms with Crippen molar-refractivity contribution in [3.05, 3.63) is 34.9 Å². The van der Waals surface area contributed by atoms with Gasteiger partial charge in [-0.2, -0.15) is 0 Å². The van der Waals surface area contributed by atoms with E-state index in [0.29, 0.717) is 26.1 Å². The summed E-state index contributed by atoms with van der Waals surface area (Å²) in [5.41, 5.74) is 1.72. The summed E-state index contributed by atoms with van der Waals surface area (Å²) >= 11 is 0. The van der Waals surface area contributed by atoms with Gasteiger partial charge in [0.25, 0.3) is 0 Å². The molecule has 0 aliphatic carbocycles. The fourth-order valence-corrected chi connectivity index (χ4v) is 3.79. The minimum absolute atomic E-state index is 0.269. The number of carbonyl (C=O) groups is 1. The van der Waals surface area contributed by atoms with Gasteiger partial charge in [0.2, 0.25) is 0 Å². The highest BCUT2D eigenvalue weighted by molar-refractivity contribution is 7.84. The Labute approximate surface area is 140 Å². The van der Waals surface area contributed by atoms with E-state index in [-0.39, 0.29) is 10.3 Å². The number of aromatic carboxylic acids is 1. The predicted octanol–water partition coefficient (Wildman–Crippen LogP) is 2.75. The lowest BCUT2D eigenvalue weighted by molar-refractivity contribution is 0.0460. The quantitative estimate of drug-likeness (QED) is 0.884. The van der Waals surface area contributed by atoms with Crippen molar-refractivity contribution < 1.29 is 18.8 Å². The van der Waals surface area contributed by atoms with Gasteiger partial charge in [0.15, 0.2) is 0 Å². The molecular formula is C17H25NO4S. The van der Waals surface area contributed by atoms with Crippen LogP contribution in [-0.4, -0.2) is 33.2 Å². The van der Waals surface area contributed by atoms with Gasteiger partial charge in [-0.15, -0.1) is 0 Å². The summed E-state index contributed by atoms with van der Waals surface area (Å²) in [6.07, 6.45) is 1.42. The second kappa shape index (κ2) is 6.71. The molecule has 6 heteroatoms. The molecule has 1 aromatic carbocycles. The van der Waals surface area contributed by atoms with E-state index in [2.05, 4.69) is 4.72 Å². The van der Waals surface area contributed by atoms with Crippen LogP contribution in [0.25, 0.3) is 0 Å². The number of hydrogen-bond donors (Lipinski definition) is 2. The third-order valence-corrected chi connectivity index (χ3v) is 5.87. The van der Waals surface area contributed by atoms with Gasteiger partial charge in [-0.05, 0) is 63.8 Å². The normalized spacial score (nSPS) is 19.3. The highest BCUT2D eigenvalue weighted by Gasteiger charge is 2.39. The second-order valence-corrected chi connectivity index (χ2v) is 8.98. The number of benzene rings is 1.